The van der Waals surface area contributed by atoms with Crippen LogP contribution in [0.4, 0.5) is 12.9 Å². The van der Waals surface area contributed by atoms with Crippen LogP contribution >= 0.6 is 0 Å². The minimum Gasteiger partial charge on any atom is -0.449 e. The summed E-state index contributed by atoms with van der Waals surface area (Å²) in [6.45, 7) is -3.03. The number of halogens is 3. The Labute approximate surface area is 82.1 Å². The van der Waals surface area contributed by atoms with Crippen molar-refractivity contribution in [2.24, 2.45) is 11.3 Å². The molecule has 1 spiro atoms. The minimum atomic E-state index is -4.58. The van der Waals surface area contributed by atoms with Gasteiger partial charge in [-0.3, -0.25) is 0 Å². The van der Waals surface area contributed by atoms with Gasteiger partial charge in [0.25, 0.3) is 0 Å². The van der Waals surface area contributed by atoms with E-state index < -0.39 is 13.3 Å². The van der Waals surface area contributed by atoms with E-state index in [2.05, 4.69) is 0 Å². The second-order valence-electron chi connectivity index (χ2n) is 4.88. The standard InChI is InChI=1S/C9H15BF3O/c11-10(12,13)5-8-1-3-9(4-2-8)6-14-7-9/h8H,1-7H2/q-1. The van der Waals surface area contributed by atoms with Crippen LogP contribution in [-0.4, -0.2) is 20.2 Å². The molecule has 82 valence electrons. The highest BCUT2D eigenvalue weighted by molar-refractivity contribution is 6.58. The predicted octanol–water partition coefficient (Wildman–Crippen LogP) is 3.04. The Morgan fingerprint density at radius 1 is 1.14 bits per heavy atom. The first-order valence-electron chi connectivity index (χ1n) is 5.28. The maximum absolute atomic E-state index is 12.2. The Morgan fingerprint density at radius 2 is 1.71 bits per heavy atom. The third-order valence-electron chi connectivity index (χ3n) is 3.58. The molecule has 2 aliphatic rings. The number of hydrogen-bond acceptors (Lipinski definition) is 1. The van der Waals surface area contributed by atoms with Gasteiger partial charge < -0.3 is 17.7 Å². The van der Waals surface area contributed by atoms with Crippen LogP contribution in [0.2, 0.25) is 6.32 Å². The number of ether oxygens (including phenoxy) is 1. The van der Waals surface area contributed by atoms with Crippen LogP contribution < -0.4 is 0 Å². The Hall–Kier alpha value is -0.185. The maximum atomic E-state index is 12.2. The van der Waals surface area contributed by atoms with E-state index in [9.17, 15) is 12.9 Å². The van der Waals surface area contributed by atoms with Crippen molar-refractivity contribution in [1.82, 2.24) is 0 Å². The van der Waals surface area contributed by atoms with Gasteiger partial charge in [-0.2, -0.15) is 0 Å². The second-order valence-corrected chi connectivity index (χ2v) is 4.88. The first-order valence-corrected chi connectivity index (χ1v) is 5.28. The molecule has 0 amide bonds. The molecule has 1 heterocycles. The molecule has 1 saturated carbocycles. The van der Waals surface area contributed by atoms with Crippen molar-refractivity contribution < 1.29 is 17.7 Å². The molecule has 0 unspecified atom stereocenters. The van der Waals surface area contributed by atoms with E-state index in [0.717, 1.165) is 38.9 Å². The van der Waals surface area contributed by atoms with Crippen molar-refractivity contribution in [1.29, 1.82) is 0 Å². The van der Waals surface area contributed by atoms with Gasteiger partial charge >= 0.3 is 6.98 Å². The lowest BCUT2D eigenvalue weighted by Crippen LogP contribution is -2.45. The van der Waals surface area contributed by atoms with Crippen molar-refractivity contribution in [2.45, 2.75) is 32.0 Å². The van der Waals surface area contributed by atoms with Crippen molar-refractivity contribution >= 4 is 6.98 Å². The Morgan fingerprint density at radius 3 is 2.07 bits per heavy atom. The van der Waals surface area contributed by atoms with Crippen LogP contribution in [0.15, 0.2) is 0 Å². The molecule has 0 aromatic rings. The summed E-state index contributed by atoms with van der Waals surface area (Å²) < 4.78 is 41.6. The van der Waals surface area contributed by atoms with Gasteiger partial charge in [0, 0.05) is 5.41 Å². The van der Waals surface area contributed by atoms with E-state index in [1.807, 2.05) is 0 Å². The molecule has 0 bridgehead atoms. The summed E-state index contributed by atoms with van der Waals surface area (Å²) in [5.41, 5.74) is 0.273. The molecule has 1 aliphatic heterocycles. The van der Waals surface area contributed by atoms with Gasteiger partial charge in [0.05, 0.1) is 13.2 Å². The molecule has 0 aromatic heterocycles. The quantitative estimate of drug-likeness (QED) is 0.632. The zero-order chi connectivity index (χ0) is 10.2. The Balaban J connectivity index is 1.78. The highest BCUT2D eigenvalue weighted by Crippen LogP contribution is 2.46. The summed E-state index contributed by atoms with van der Waals surface area (Å²) in [7, 11) is 0. The van der Waals surface area contributed by atoms with Gasteiger partial charge in [-0.1, -0.05) is 25.1 Å². The molecule has 0 radical (unpaired) electrons. The van der Waals surface area contributed by atoms with E-state index in [4.69, 9.17) is 4.74 Å². The van der Waals surface area contributed by atoms with Crippen molar-refractivity contribution in [3.63, 3.8) is 0 Å². The van der Waals surface area contributed by atoms with Gasteiger partial charge in [-0.25, -0.2) is 0 Å². The average Bonchev–Trinajstić information content (AvgIpc) is 2.00. The Kier molecular flexibility index (Phi) is 2.54. The topological polar surface area (TPSA) is 9.23 Å². The maximum Gasteiger partial charge on any atom is 0.478 e. The lowest BCUT2D eigenvalue weighted by Gasteiger charge is -2.47. The average molecular weight is 207 g/mol. The van der Waals surface area contributed by atoms with E-state index in [1.54, 1.807) is 0 Å². The van der Waals surface area contributed by atoms with Crippen LogP contribution in [0, 0.1) is 11.3 Å². The van der Waals surface area contributed by atoms with Crippen LogP contribution in [0.3, 0.4) is 0 Å². The largest absolute Gasteiger partial charge is 0.478 e. The highest BCUT2D eigenvalue weighted by atomic mass is 19.4. The molecule has 0 N–H and O–H groups in total. The van der Waals surface area contributed by atoms with Crippen LogP contribution in [0.5, 0.6) is 0 Å². The number of rotatable bonds is 2. The molecule has 0 atom stereocenters. The lowest BCUT2D eigenvalue weighted by molar-refractivity contribution is -0.135. The fourth-order valence-electron chi connectivity index (χ4n) is 2.58. The molecule has 2 rings (SSSR count). The van der Waals surface area contributed by atoms with Gasteiger partial charge in [-0.15, -0.1) is 0 Å². The SMILES string of the molecule is F[B-](F)(F)CC1CCC2(CC1)COC2. The highest BCUT2D eigenvalue weighted by Gasteiger charge is 2.42. The van der Waals surface area contributed by atoms with E-state index >= 15 is 0 Å². The lowest BCUT2D eigenvalue weighted by atomic mass is 9.64. The Bertz CT molecular complexity index is 203. The third-order valence-corrected chi connectivity index (χ3v) is 3.58. The molecule has 1 nitrogen and oxygen atoms in total. The molecule has 14 heavy (non-hydrogen) atoms. The van der Waals surface area contributed by atoms with Crippen molar-refractivity contribution in [3.05, 3.63) is 0 Å². The molecule has 0 aromatic carbocycles. The van der Waals surface area contributed by atoms with Crippen LogP contribution in [0.1, 0.15) is 25.7 Å². The fourth-order valence-corrected chi connectivity index (χ4v) is 2.58. The first kappa shape index (κ1) is 10.3. The zero-order valence-corrected chi connectivity index (χ0v) is 8.15. The summed E-state index contributed by atoms with van der Waals surface area (Å²) >= 11 is 0. The predicted molar refractivity (Wildman–Crippen MR) is 49.1 cm³/mol. The second kappa shape index (κ2) is 3.44. The summed E-state index contributed by atoms with van der Waals surface area (Å²) in [4.78, 5) is 0. The van der Waals surface area contributed by atoms with E-state index in [-0.39, 0.29) is 11.3 Å². The summed E-state index contributed by atoms with van der Waals surface area (Å²) in [5, 5.41) is 0. The molecular weight excluding hydrogens is 192 g/mol. The van der Waals surface area contributed by atoms with Gasteiger partial charge in [-0.05, 0) is 12.8 Å². The van der Waals surface area contributed by atoms with Crippen molar-refractivity contribution in [3.8, 4) is 0 Å². The van der Waals surface area contributed by atoms with Gasteiger partial charge in [0.15, 0.2) is 0 Å². The van der Waals surface area contributed by atoms with E-state index in [0.29, 0.717) is 0 Å². The smallest absolute Gasteiger partial charge is 0.449 e. The summed E-state index contributed by atoms with van der Waals surface area (Å²) in [6.07, 6.45) is 2.82. The van der Waals surface area contributed by atoms with Crippen LogP contribution in [0.25, 0.3) is 0 Å². The van der Waals surface area contributed by atoms with Crippen LogP contribution in [-0.2, 0) is 4.74 Å². The minimum absolute atomic E-state index is 0.110. The third kappa shape index (κ3) is 2.24. The zero-order valence-electron chi connectivity index (χ0n) is 8.15. The molecule has 5 heteroatoms. The fraction of sp³-hybridized carbons (Fsp3) is 1.00. The summed E-state index contributed by atoms with van der Waals surface area (Å²) in [5.74, 6) is -0.110. The molecule has 1 aliphatic carbocycles. The first-order chi connectivity index (χ1) is 6.49. The number of hydrogen-bond donors (Lipinski definition) is 0. The normalized spacial score (nSPS) is 27.6. The van der Waals surface area contributed by atoms with Gasteiger partial charge in [0.1, 0.15) is 0 Å². The molecule has 2 fully saturated rings. The van der Waals surface area contributed by atoms with Gasteiger partial charge in [0.2, 0.25) is 0 Å². The summed E-state index contributed by atoms with van der Waals surface area (Å²) in [6, 6.07) is 0. The molecular formula is C9H15BF3O-. The monoisotopic (exact) mass is 207 g/mol. The molecule has 1 saturated heterocycles. The van der Waals surface area contributed by atoms with E-state index in [1.165, 1.54) is 0 Å². The van der Waals surface area contributed by atoms with Crippen molar-refractivity contribution in [2.75, 3.05) is 13.2 Å².